The number of nitrogens with two attached hydrogens (primary N) is 1. The molecule has 0 spiro atoms. The average molecular weight is 256 g/mol. The predicted molar refractivity (Wildman–Crippen MR) is 73.4 cm³/mol. The van der Waals surface area contributed by atoms with Crippen LogP contribution in [0.4, 0.5) is 0 Å². The normalized spacial score (nSPS) is 19.1. The highest BCUT2D eigenvalue weighted by molar-refractivity contribution is 5.85. The molecular formula is C14H22ClNO. The Morgan fingerprint density at radius 1 is 1.24 bits per heavy atom. The number of benzene rings is 1. The summed E-state index contributed by atoms with van der Waals surface area (Å²) in [5.74, 6) is 0.414. The maximum atomic E-state index is 10.1. The summed E-state index contributed by atoms with van der Waals surface area (Å²) < 4.78 is 0. The van der Waals surface area contributed by atoms with Gasteiger partial charge in [0.1, 0.15) is 0 Å². The Hall–Kier alpha value is -0.570. The highest BCUT2D eigenvalue weighted by atomic mass is 35.5. The van der Waals surface area contributed by atoms with Gasteiger partial charge < -0.3 is 10.8 Å². The number of halogens is 1. The molecule has 0 amide bonds. The zero-order valence-electron chi connectivity index (χ0n) is 10.5. The molecule has 1 aliphatic carbocycles. The van der Waals surface area contributed by atoms with Crippen molar-refractivity contribution in [1.29, 1.82) is 0 Å². The molecule has 1 aromatic carbocycles. The van der Waals surface area contributed by atoms with Crippen molar-refractivity contribution in [2.24, 2.45) is 11.7 Å². The summed E-state index contributed by atoms with van der Waals surface area (Å²) in [5, 5.41) is 10.1. The number of hydrogen-bond acceptors (Lipinski definition) is 2. The maximum absolute atomic E-state index is 10.1. The Morgan fingerprint density at radius 3 is 2.35 bits per heavy atom. The van der Waals surface area contributed by atoms with Gasteiger partial charge >= 0.3 is 0 Å². The quantitative estimate of drug-likeness (QED) is 0.873. The molecule has 0 saturated heterocycles. The third-order valence-electron chi connectivity index (χ3n) is 3.92. The molecule has 1 saturated carbocycles. The summed E-state index contributed by atoms with van der Waals surface area (Å²) >= 11 is 0. The maximum Gasteiger partial charge on any atom is 0.0760 e. The van der Waals surface area contributed by atoms with Crippen molar-refractivity contribution in [3.8, 4) is 0 Å². The van der Waals surface area contributed by atoms with Crippen LogP contribution in [0.15, 0.2) is 18.2 Å². The Bertz CT molecular complexity index is 376. The second kappa shape index (κ2) is 5.85. The van der Waals surface area contributed by atoms with Crippen molar-refractivity contribution in [3.63, 3.8) is 0 Å². The molecule has 3 N–H and O–H groups in total. The molecule has 1 aromatic rings. The number of rotatable bonds is 3. The molecule has 2 nitrogen and oxygen atoms in total. The first kappa shape index (κ1) is 14.5. The van der Waals surface area contributed by atoms with E-state index < -0.39 is 0 Å². The van der Waals surface area contributed by atoms with E-state index in [1.165, 1.54) is 17.5 Å². The fraction of sp³-hybridized carbons (Fsp3) is 0.571. The van der Waals surface area contributed by atoms with Crippen LogP contribution >= 0.6 is 12.4 Å². The molecule has 0 aromatic heterocycles. The lowest BCUT2D eigenvalue weighted by Crippen LogP contribution is -2.36. The van der Waals surface area contributed by atoms with Gasteiger partial charge in [0.2, 0.25) is 0 Å². The monoisotopic (exact) mass is 255 g/mol. The van der Waals surface area contributed by atoms with Gasteiger partial charge in [0, 0.05) is 0 Å². The van der Waals surface area contributed by atoms with Gasteiger partial charge in [-0.2, -0.15) is 0 Å². The minimum Gasteiger partial charge on any atom is -0.391 e. The molecule has 0 aliphatic heterocycles. The van der Waals surface area contributed by atoms with Gasteiger partial charge in [-0.05, 0) is 49.3 Å². The van der Waals surface area contributed by atoms with Crippen LogP contribution < -0.4 is 5.73 Å². The van der Waals surface area contributed by atoms with E-state index >= 15 is 0 Å². The highest BCUT2D eigenvalue weighted by Crippen LogP contribution is 2.34. The lowest BCUT2D eigenvalue weighted by Gasteiger charge is -2.34. The first-order valence-corrected chi connectivity index (χ1v) is 6.10. The minimum atomic E-state index is -0.379. The Labute approximate surface area is 110 Å². The molecule has 2 atom stereocenters. The smallest absolute Gasteiger partial charge is 0.0760 e. The van der Waals surface area contributed by atoms with Crippen LogP contribution in [0.25, 0.3) is 0 Å². The zero-order chi connectivity index (χ0) is 11.7. The van der Waals surface area contributed by atoms with Crippen LogP contribution in [-0.4, -0.2) is 11.2 Å². The Balaban J connectivity index is 0.00000144. The summed E-state index contributed by atoms with van der Waals surface area (Å²) in [7, 11) is 0. The number of aryl methyl sites for hydroxylation is 2. The molecule has 3 heteroatoms. The predicted octanol–water partition coefficient (Wildman–Crippen LogP) is 2.89. The van der Waals surface area contributed by atoms with E-state index in [9.17, 15) is 5.11 Å². The van der Waals surface area contributed by atoms with Crippen LogP contribution in [0.3, 0.4) is 0 Å². The van der Waals surface area contributed by atoms with Gasteiger partial charge in [-0.1, -0.05) is 24.6 Å². The van der Waals surface area contributed by atoms with E-state index in [2.05, 4.69) is 26.0 Å². The molecule has 0 radical (unpaired) electrons. The van der Waals surface area contributed by atoms with Gasteiger partial charge in [0.05, 0.1) is 12.1 Å². The van der Waals surface area contributed by atoms with Crippen LogP contribution in [-0.2, 0) is 0 Å². The summed E-state index contributed by atoms with van der Waals surface area (Å²) in [6, 6.07) is 5.99. The lowest BCUT2D eigenvalue weighted by atomic mass is 9.77. The first-order valence-electron chi connectivity index (χ1n) is 6.10. The standard InChI is InChI=1S/C14H21NO.ClH/c1-9-6-7-12(8-10(9)2)13(15)14(16)11-4-3-5-11;/h6-8,11,13-14,16H,3-5,15H2,1-2H3;1H/t13-,14+;/m0./s1. The van der Waals surface area contributed by atoms with Crippen molar-refractivity contribution in [1.82, 2.24) is 0 Å². The van der Waals surface area contributed by atoms with Crippen molar-refractivity contribution in [2.75, 3.05) is 0 Å². The van der Waals surface area contributed by atoms with E-state index in [0.29, 0.717) is 5.92 Å². The number of aliphatic hydroxyl groups is 1. The molecular weight excluding hydrogens is 234 g/mol. The van der Waals surface area contributed by atoms with Crippen molar-refractivity contribution in [2.45, 2.75) is 45.3 Å². The third kappa shape index (κ3) is 3.01. The first-order chi connectivity index (χ1) is 7.59. The third-order valence-corrected chi connectivity index (χ3v) is 3.92. The topological polar surface area (TPSA) is 46.2 Å². The molecule has 0 unspecified atom stereocenters. The summed E-state index contributed by atoms with van der Waals surface area (Å²) in [5.41, 5.74) is 9.69. The van der Waals surface area contributed by atoms with Crippen molar-refractivity contribution in [3.05, 3.63) is 34.9 Å². The zero-order valence-corrected chi connectivity index (χ0v) is 11.3. The average Bonchev–Trinajstić information content (AvgIpc) is 2.18. The van der Waals surface area contributed by atoms with E-state index in [1.807, 2.05) is 6.07 Å². The minimum absolute atomic E-state index is 0. The Kier molecular flexibility index (Phi) is 4.99. The highest BCUT2D eigenvalue weighted by Gasteiger charge is 2.30. The van der Waals surface area contributed by atoms with E-state index in [0.717, 1.165) is 18.4 Å². The summed E-state index contributed by atoms with van der Waals surface area (Å²) in [6.07, 6.45) is 3.11. The molecule has 0 heterocycles. The van der Waals surface area contributed by atoms with Crippen molar-refractivity contribution >= 4 is 12.4 Å². The fourth-order valence-corrected chi connectivity index (χ4v) is 2.24. The van der Waals surface area contributed by atoms with Gasteiger partial charge in [0.25, 0.3) is 0 Å². The van der Waals surface area contributed by atoms with E-state index in [1.54, 1.807) is 0 Å². The summed E-state index contributed by atoms with van der Waals surface area (Å²) in [4.78, 5) is 0. The molecule has 2 rings (SSSR count). The van der Waals surface area contributed by atoms with Crippen LogP contribution in [0.2, 0.25) is 0 Å². The largest absolute Gasteiger partial charge is 0.391 e. The van der Waals surface area contributed by atoms with Crippen LogP contribution in [0.5, 0.6) is 0 Å². The van der Waals surface area contributed by atoms with Crippen LogP contribution in [0.1, 0.15) is 42.0 Å². The second-order valence-corrected chi connectivity index (χ2v) is 5.05. The van der Waals surface area contributed by atoms with Gasteiger partial charge in [0.15, 0.2) is 0 Å². The van der Waals surface area contributed by atoms with E-state index in [-0.39, 0.29) is 24.6 Å². The van der Waals surface area contributed by atoms with E-state index in [4.69, 9.17) is 5.73 Å². The fourth-order valence-electron chi connectivity index (χ4n) is 2.24. The molecule has 0 bridgehead atoms. The summed E-state index contributed by atoms with van der Waals surface area (Å²) in [6.45, 7) is 4.17. The molecule has 96 valence electrons. The van der Waals surface area contributed by atoms with Crippen LogP contribution in [0, 0.1) is 19.8 Å². The molecule has 1 fully saturated rings. The lowest BCUT2D eigenvalue weighted by molar-refractivity contribution is 0.0413. The molecule has 1 aliphatic rings. The number of aliphatic hydroxyl groups excluding tert-OH is 1. The van der Waals surface area contributed by atoms with Gasteiger partial charge in [-0.25, -0.2) is 0 Å². The van der Waals surface area contributed by atoms with Crippen molar-refractivity contribution < 1.29 is 5.11 Å². The van der Waals surface area contributed by atoms with Gasteiger partial charge in [-0.15, -0.1) is 12.4 Å². The molecule has 17 heavy (non-hydrogen) atoms. The number of hydrogen-bond donors (Lipinski definition) is 2. The van der Waals surface area contributed by atoms with Gasteiger partial charge in [-0.3, -0.25) is 0 Å². The second-order valence-electron chi connectivity index (χ2n) is 5.05. The SMILES string of the molecule is Cc1ccc([C@H](N)[C@H](O)C2CCC2)cc1C.Cl. The Morgan fingerprint density at radius 2 is 1.88 bits per heavy atom.